The van der Waals surface area contributed by atoms with Crippen LogP contribution >= 0.6 is 7.80 Å². The number of rotatable bonds is 5. The third-order valence-corrected chi connectivity index (χ3v) is 2.07. The van der Waals surface area contributed by atoms with Crippen LogP contribution in [0.15, 0.2) is 0 Å². The minimum Gasteiger partial charge on any atom is -0.341 e. The van der Waals surface area contributed by atoms with E-state index in [0.29, 0.717) is 12.6 Å². The molecule has 0 aliphatic heterocycles. The van der Waals surface area contributed by atoms with Crippen molar-refractivity contribution in [2.45, 2.75) is 6.42 Å². The molecule has 4 heteroatoms. The van der Waals surface area contributed by atoms with Gasteiger partial charge in [0.2, 0.25) is 6.35 Å². The number of carbonyl (C=O) groups is 1. The molecule has 0 saturated heterocycles. The summed E-state index contributed by atoms with van der Waals surface area (Å²) in [5, 5.41) is 0. The van der Waals surface area contributed by atoms with Gasteiger partial charge in [-0.15, -0.1) is 0 Å². The molecule has 52 valence electrons. The molecule has 0 aromatic heterocycles. The van der Waals surface area contributed by atoms with Crippen molar-refractivity contribution in [1.29, 1.82) is 0 Å². The summed E-state index contributed by atoms with van der Waals surface area (Å²) in [7, 11) is 0.204. The third kappa shape index (κ3) is 5.60. The summed E-state index contributed by atoms with van der Waals surface area (Å²) < 4.78 is 15.3. The maximum Gasteiger partial charge on any atom is 0.367 e. The largest absolute Gasteiger partial charge is 0.367 e. The van der Waals surface area contributed by atoms with Crippen molar-refractivity contribution in [3.8, 4) is 0 Å². The Hall–Kier alpha value is -0.270. The quantitative estimate of drug-likeness (QED) is 0.432. The number of aldehydes is 1. The van der Waals surface area contributed by atoms with Gasteiger partial charge in [0.05, 0.1) is 0 Å². The molecule has 0 spiro atoms. The topological polar surface area (TPSA) is 43.4 Å². The average Bonchev–Trinajstić information content (AvgIpc) is 1.85. The van der Waals surface area contributed by atoms with Gasteiger partial charge in [0.25, 0.3) is 0 Å². The first kappa shape index (κ1) is 8.73. The highest BCUT2D eigenvalue weighted by molar-refractivity contribution is 7.44. The normalized spacial score (nSPS) is 11.0. The molecule has 0 rings (SSSR count). The fraction of sp³-hybridized carbons (Fsp3) is 0.800. The SMILES string of the molecule is COC[P+](=O)CCC=O. The van der Waals surface area contributed by atoms with Gasteiger partial charge in [0.1, 0.15) is 6.29 Å². The van der Waals surface area contributed by atoms with E-state index in [1.54, 1.807) is 0 Å². The highest BCUT2D eigenvalue weighted by Crippen LogP contribution is 2.19. The minimum absolute atomic E-state index is 0.267. The second-order valence-electron chi connectivity index (χ2n) is 1.58. The number of carbonyl (C=O) groups excluding carboxylic acids is 1. The lowest BCUT2D eigenvalue weighted by atomic mass is 10.6. The fourth-order valence-electron chi connectivity index (χ4n) is 0.405. The lowest BCUT2D eigenvalue weighted by Crippen LogP contribution is -1.86. The molecule has 1 unspecified atom stereocenters. The highest BCUT2D eigenvalue weighted by atomic mass is 31.1. The Balaban J connectivity index is 3.16. The zero-order valence-corrected chi connectivity index (χ0v) is 6.27. The van der Waals surface area contributed by atoms with Crippen LogP contribution in [0.25, 0.3) is 0 Å². The van der Waals surface area contributed by atoms with Crippen LogP contribution in [0.5, 0.6) is 0 Å². The van der Waals surface area contributed by atoms with Crippen molar-refractivity contribution < 1.29 is 14.1 Å². The molecule has 0 saturated carbocycles. The zero-order chi connectivity index (χ0) is 7.11. The molecular formula is C5H10O3P+. The second kappa shape index (κ2) is 5.86. The van der Waals surface area contributed by atoms with Gasteiger partial charge in [0.15, 0.2) is 6.16 Å². The fourth-order valence-corrected chi connectivity index (χ4v) is 1.22. The maximum absolute atomic E-state index is 10.7. The van der Waals surface area contributed by atoms with Gasteiger partial charge in [-0.2, -0.15) is 0 Å². The van der Waals surface area contributed by atoms with Crippen LogP contribution in [0.3, 0.4) is 0 Å². The molecule has 0 bridgehead atoms. The van der Waals surface area contributed by atoms with E-state index in [4.69, 9.17) is 0 Å². The highest BCUT2D eigenvalue weighted by Gasteiger charge is 2.11. The summed E-state index contributed by atoms with van der Waals surface area (Å²) in [5.74, 6) is 0. The van der Waals surface area contributed by atoms with Gasteiger partial charge >= 0.3 is 7.80 Å². The van der Waals surface area contributed by atoms with E-state index < -0.39 is 7.80 Å². The summed E-state index contributed by atoms with van der Waals surface area (Å²) in [5.41, 5.74) is 0. The van der Waals surface area contributed by atoms with E-state index in [0.717, 1.165) is 6.29 Å². The van der Waals surface area contributed by atoms with Gasteiger partial charge in [-0.05, 0) is 0 Å². The van der Waals surface area contributed by atoms with Crippen LogP contribution < -0.4 is 0 Å². The number of ether oxygens (including phenoxy) is 1. The molecule has 0 heterocycles. The number of hydrogen-bond acceptors (Lipinski definition) is 3. The Morgan fingerprint density at radius 2 is 2.33 bits per heavy atom. The smallest absolute Gasteiger partial charge is 0.341 e. The average molecular weight is 149 g/mol. The summed E-state index contributed by atoms with van der Waals surface area (Å²) in [6.07, 6.45) is 1.86. The van der Waals surface area contributed by atoms with Gasteiger partial charge in [0, 0.05) is 13.5 Å². The molecule has 0 aromatic rings. The third-order valence-electron chi connectivity index (χ3n) is 0.769. The van der Waals surface area contributed by atoms with Crippen LogP contribution in [0, 0.1) is 0 Å². The van der Waals surface area contributed by atoms with E-state index in [9.17, 15) is 9.36 Å². The van der Waals surface area contributed by atoms with Crippen LogP contribution in [-0.2, 0) is 14.1 Å². The molecule has 0 radical (unpaired) electrons. The van der Waals surface area contributed by atoms with Crippen molar-refractivity contribution in [3.05, 3.63) is 0 Å². The summed E-state index contributed by atoms with van der Waals surface area (Å²) in [6.45, 7) is 0. The zero-order valence-electron chi connectivity index (χ0n) is 5.37. The summed E-state index contributed by atoms with van der Waals surface area (Å²) in [4.78, 5) is 9.74. The Labute approximate surface area is 55.2 Å². The molecule has 3 nitrogen and oxygen atoms in total. The first-order valence-electron chi connectivity index (χ1n) is 2.66. The van der Waals surface area contributed by atoms with E-state index in [-0.39, 0.29) is 6.35 Å². The molecule has 0 amide bonds. The van der Waals surface area contributed by atoms with Crippen LogP contribution in [0.1, 0.15) is 6.42 Å². The van der Waals surface area contributed by atoms with Gasteiger partial charge in [-0.1, -0.05) is 4.57 Å². The molecular weight excluding hydrogens is 139 g/mol. The Morgan fingerprint density at radius 1 is 1.67 bits per heavy atom. The monoisotopic (exact) mass is 149 g/mol. The molecule has 0 aliphatic rings. The maximum atomic E-state index is 10.7. The second-order valence-corrected chi connectivity index (χ2v) is 3.25. The van der Waals surface area contributed by atoms with Crippen LogP contribution in [0.4, 0.5) is 0 Å². The summed E-state index contributed by atoms with van der Waals surface area (Å²) >= 11 is 0. The Bertz CT molecular complexity index is 102. The number of methoxy groups -OCH3 is 1. The standard InChI is InChI=1S/C5H10O3P/c1-8-5-9(7)4-2-3-6/h3H,2,4-5H2,1H3/q+1. The molecule has 0 aromatic carbocycles. The predicted octanol–water partition coefficient (Wildman–Crippen LogP) is 1.01. The summed E-state index contributed by atoms with van der Waals surface area (Å²) in [6, 6.07) is 0. The molecule has 0 fully saturated rings. The van der Waals surface area contributed by atoms with E-state index in [1.807, 2.05) is 0 Å². The van der Waals surface area contributed by atoms with E-state index in [1.165, 1.54) is 7.11 Å². The van der Waals surface area contributed by atoms with Crippen molar-refractivity contribution in [2.75, 3.05) is 19.6 Å². The molecule has 0 N–H and O–H groups in total. The lowest BCUT2D eigenvalue weighted by molar-refractivity contribution is -0.107. The lowest BCUT2D eigenvalue weighted by Gasteiger charge is -1.81. The first-order valence-corrected chi connectivity index (χ1v) is 4.29. The van der Waals surface area contributed by atoms with E-state index >= 15 is 0 Å². The predicted molar refractivity (Wildman–Crippen MR) is 35.0 cm³/mol. The van der Waals surface area contributed by atoms with Crippen molar-refractivity contribution >= 4 is 14.1 Å². The minimum atomic E-state index is -1.29. The molecule has 1 atom stereocenters. The van der Waals surface area contributed by atoms with Crippen molar-refractivity contribution in [1.82, 2.24) is 0 Å². The van der Waals surface area contributed by atoms with E-state index in [2.05, 4.69) is 4.74 Å². The molecule has 0 aliphatic carbocycles. The Kier molecular flexibility index (Phi) is 5.68. The van der Waals surface area contributed by atoms with Crippen molar-refractivity contribution in [3.63, 3.8) is 0 Å². The van der Waals surface area contributed by atoms with Crippen molar-refractivity contribution in [2.24, 2.45) is 0 Å². The van der Waals surface area contributed by atoms with Gasteiger partial charge in [-0.25, -0.2) is 0 Å². The Morgan fingerprint density at radius 3 is 2.78 bits per heavy atom. The van der Waals surface area contributed by atoms with Crippen LogP contribution in [0.2, 0.25) is 0 Å². The molecule has 9 heavy (non-hydrogen) atoms. The van der Waals surface area contributed by atoms with Gasteiger partial charge in [-0.3, -0.25) is 0 Å². The number of hydrogen-bond donors (Lipinski definition) is 0. The van der Waals surface area contributed by atoms with Crippen LogP contribution in [-0.4, -0.2) is 25.9 Å². The van der Waals surface area contributed by atoms with Gasteiger partial charge < -0.3 is 9.53 Å². The first-order chi connectivity index (χ1) is 4.31.